The Morgan fingerprint density at radius 3 is 2.69 bits per heavy atom. The van der Waals surface area contributed by atoms with E-state index in [1.807, 2.05) is 18.2 Å². The monoisotopic (exact) mass is 413 g/mol. The van der Waals surface area contributed by atoms with Gasteiger partial charge in [-0.1, -0.05) is 17.4 Å². The first-order valence-electron chi connectivity index (χ1n) is 9.47. The summed E-state index contributed by atoms with van der Waals surface area (Å²) >= 11 is 1.63. The van der Waals surface area contributed by atoms with Gasteiger partial charge < -0.3 is 14.5 Å². The Morgan fingerprint density at radius 2 is 1.97 bits per heavy atom. The molecule has 3 heterocycles. The number of para-hydroxylation sites is 1. The summed E-state index contributed by atoms with van der Waals surface area (Å²) in [6, 6.07) is 5.91. The molecule has 0 radical (unpaired) electrons. The molecule has 9 heteroatoms. The van der Waals surface area contributed by atoms with Crippen LogP contribution < -0.4 is 15.2 Å². The Hall–Kier alpha value is -2.94. The van der Waals surface area contributed by atoms with Crippen molar-refractivity contribution in [3.05, 3.63) is 46.1 Å². The maximum absolute atomic E-state index is 12.7. The minimum Gasteiger partial charge on any atom is -0.494 e. The summed E-state index contributed by atoms with van der Waals surface area (Å²) in [5.74, 6) is 0.703. The van der Waals surface area contributed by atoms with Crippen molar-refractivity contribution >= 4 is 32.6 Å². The molecule has 0 bridgehead atoms. The first-order valence-corrected chi connectivity index (χ1v) is 10.3. The van der Waals surface area contributed by atoms with Gasteiger partial charge in [0.2, 0.25) is 5.91 Å². The third-order valence-corrected chi connectivity index (χ3v) is 6.40. The predicted octanol–water partition coefficient (Wildman–Crippen LogP) is 1.83. The van der Waals surface area contributed by atoms with Crippen LogP contribution in [0.15, 0.2) is 29.3 Å². The van der Waals surface area contributed by atoms with E-state index in [1.54, 1.807) is 37.2 Å². The van der Waals surface area contributed by atoms with Crippen molar-refractivity contribution in [3.8, 4) is 5.75 Å². The minimum absolute atomic E-state index is 0.0191. The van der Waals surface area contributed by atoms with Crippen molar-refractivity contribution in [2.75, 3.05) is 38.2 Å². The first kappa shape index (κ1) is 19.4. The second-order valence-electron chi connectivity index (χ2n) is 7.06. The average Bonchev–Trinajstić information content (AvgIpc) is 3.18. The number of fused-ring (bicyclic) bond motifs is 1. The fourth-order valence-corrected chi connectivity index (χ4v) is 4.43. The van der Waals surface area contributed by atoms with E-state index in [0.717, 1.165) is 21.1 Å². The number of benzene rings is 1. The standard InChI is InChI=1S/C20H23N5O3S/c1-13-14(2)21-12-25(19(13)27)11-17(26)23-7-9-24(10-8-23)20-22-18-15(28-3)5-4-6-16(18)29-20/h4-6,12H,7-11H2,1-3H3. The molecule has 152 valence electrons. The third-order valence-electron chi connectivity index (χ3n) is 5.31. The molecular weight excluding hydrogens is 390 g/mol. The molecule has 0 N–H and O–H groups in total. The second-order valence-corrected chi connectivity index (χ2v) is 8.07. The first-order chi connectivity index (χ1) is 14.0. The Balaban J connectivity index is 1.42. The van der Waals surface area contributed by atoms with Crippen molar-refractivity contribution in [1.82, 2.24) is 19.4 Å². The van der Waals surface area contributed by atoms with Gasteiger partial charge in [-0.3, -0.25) is 14.2 Å². The fraction of sp³-hybridized carbons (Fsp3) is 0.400. The summed E-state index contributed by atoms with van der Waals surface area (Å²) in [6.07, 6.45) is 1.45. The van der Waals surface area contributed by atoms with Crippen molar-refractivity contribution in [1.29, 1.82) is 0 Å². The lowest BCUT2D eigenvalue weighted by atomic mass is 10.2. The van der Waals surface area contributed by atoms with Crippen LogP contribution in [0.3, 0.4) is 0 Å². The Kier molecular flexibility index (Phi) is 5.23. The van der Waals surface area contributed by atoms with Crippen LogP contribution in [0.1, 0.15) is 11.3 Å². The number of nitrogens with zero attached hydrogens (tertiary/aromatic N) is 5. The molecular formula is C20H23N5O3S. The van der Waals surface area contributed by atoms with E-state index < -0.39 is 0 Å². The molecule has 4 rings (SSSR count). The van der Waals surface area contributed by atoms with Crippen LogP contribution in [0.2, 0.25) is 0 Å². The third kappa shape index (κ3) is 3.69. The van der Waals surface area contributed by atoms with Crippen LogP contribution in [0.4, 0.5) is 5.13 Å². The van der Waals surface area contributed by atoms with Gasteiger partial charge in [0, 0.05) is 37.4 Å². The Bertz CT molecular complexity index is 1110. The molecule has 29 heavy (non-hydrogen) atoms. The van der Waals surface area contributed by atoms with Gasteiger partial charge in [0.15, 0.2) is 5.13 Å². The van der Waals surface area contributed by atoms with Crippen LogP contribution in [0.25, 0.3) is 10.2 Å². The number of rotatable bonds is 4. The van der Waals surface area contributed by atoms with Gasteiger partial charge >= 0.3 is 0 Å². The van der Waals surface area contributed by atoms with Crippen LogP contribution in [-0.2, 0) is 11.3 Å². The molecule has 8 nitrogen and oxygen atoms in total. The van der Waals surface area contributed by atoms with E-state index in [1.165, 1.54) is 10.9 Å². The van der Waals surface area contributed by atoms with Crippen molar-refractivity contribution < 1.29 is 9.53 Å². The van der Waals surface area contributed by atoms with Crippen LogP contribution in [0.5, 0.6) is 5.75 Å². The van der Waals surface area contributed by atoms with E-state index in [9.17, 15) is 9.59 Å². The molecule has 1 aliphatic heterocycles. The highest BCUT2D eigenvalue weighted by atomic mass is 32.1. The van der Waals surface area contributed by atoms with Crippen LogP contribution in [-0.4, -0.2) is 58.6 Å². The lowest BCUT2D eigenvalue weighted by Crippen LogP contribution is -2.50. The number of carbonyl (C=O) groups is 1. The molecule has 0 atom stereocenters. The molecule has 1 amide bonds. The molecule has 1 aliphatic rings. The van der Waals surface area contributed by atoms with E-state index in [-0.39, 0.29) is 18.0 Å². The van der Waals surface area contributed by atoms with Gasteiger partial charge in [0.1, 0.15) is 17.8 Å². The SMILES string of the molecule is COc1cccc2sc(N3CCN(C(=O)Cn4cnc(C)c(C)c4=O)CC3)nc12. The Labute approximate surface area is 172 Å². The molecule has 0 saturated carbocycles. The number of anilines is 1. The van der Waals surface area contributed by atoms with Crippen molar-refractivity contribution in [2.45, 2.75) is 20.4 Å². The summed E-state index contributed by atoms with van der Waals surface area (Å²) < 4.78 is 7.87. The number of carbonyl (C=O) groups excluding carboxylic acids is 1. The van der Waals surface area contributed by atoms with E-state index in [4.69, 9.17) is 9.72 Å². The highest BCUT2D eigenvalue weighted by Gasteiger charge is 2.24. The van der Waals surface area contributed by atoms with Crippen molar-refractivity contribution in [3.63, 3.8) is 0 Å². The van der Waals surface area contributed by atoms with Gasteiger partial charge in [0.05, 0.1) is 18.1 Å². The summed E-state index contributed by atoms with van der Waals surface area (Å²) in [7, 11) is 1.65. The largest absolute Gasteiger partial charge is 0.494 e. The zero-order valence-electron chi connectivity index (χ0n) is 16.7. The number of piperazine rings is 1. The summed E-state index contributed by atoms with van der Waals surface area (Å²) in [4.78, 5) is 37.9. The fourth-order valence-electron chi connectivity index (χ4n) is 3.39. The van der Waals surface area contributed by atoms with E-state index in [0.29, 0.717) is 37.4 Å². The van der Waals surface area contributed by atoms with Gasteiger partial charge in [-0.2, -0.15) is 0 Å². The van der Waals surface area contributed by atoms with E-state index in [2.05, 4.69) is 9.88 Å². The van der Waals surface area contributed by atoms with Crippen molar-refractivity contribution in [2.24, 2.45) is 0 Å². The molecule has 1 fully saturated rings. The predicted molar refractivity (Wildman–Crippen MR) is 113 cm³/mol. The van der Waals surface area contributed by atoms with Gasteiger partial charge in [-0.25, -0.2) is 9.97 Å². The lowest BCUT2D eigenvalue weighted by Gasteiger charge is -2.34. The molecule has 0 aliphatic carbocycles. The number of thiazole rings is 1. The van der Waals surface area contributed by atoms with Gasteiger partial charge in [-0.05, 0) is 26.0 Å². The van der Waals surface area contributed by atoms with Gasteiger partial charge in [-0.15, -0.1) is 0 Å². The molecule has 3 aromatic rings. The minimum atomic E-state index is -0.159. The number of hydrogen-bond donors (Lipinski definition) is 0. The van der Waals surface area contributed by atoms with Crippen LogP contribution >= 0.6 is 11.3 Å². The average molecular weight is 414 g/mol. The summed E-state index contributed by atoms with van der Waals surface area (Å²) in [5.41, 5.74) is 1.99. The maximum atomic E-state index is 12.7. The molecule has 2 aromatic heterocycles. The topological polar surface area (TPSA) is 80.6 Å². The number of aryl methyl sites for hydroxylation is 1. The summed E-state index contributed by atoms with van der Waals surface area (Å²) in [6.45, 7) is 6.14. The zero-order chi connectivity index (χ0) is 20.5. The molecule has 0 spiro atoms. The Morgan fingerprint density at radius 1 is 1.21 bits per heavy atom. The van der Waals surface area contributed by atoms with Crippen LogP contribution in [0, 0.1) is 13.8 Å². The molecule has 0 unspecified atom stereocenters. The summed E-state index contributed by atoms with van der Waals surface area (Å²) in [5, 5.41) is 0.936. The normalized spacial score (nSPS) is 14.4. The number of aromatic nitrogens is 3. The molecule has 1 aromatic carbocycles. The zero-order valence-corrected chi connectivity index (χ0v) is 17.5. The lowest BCUT2D eigenvalue weighted by molar-refractivity contribution is -0.132. The van der Waals surface area contributed by atoms with Gasteiger partial charge in [0.25, 0.3) is 5.56 Å². The smallest absolute Gasteiger partial charge is 0.256 e. The maximum Gasteiger partial charge on any atom is 0.256 e. The van der Waals surface area contributed by atoms with E-state index >= 15 is 0 Å². The molecule has 1 saturated heterocycles. The highest BCUT2D eigenvalue weighted by molar-refractivity contribution is 7.22. The highest BCUT2D eigenvalue weighted by Crippen LogP contribution is 2.34. The second kappa shape index (κ2) is 7.82. The quantitative estimate of drug-likeness (QED) is 0.649. The number of methoxy groups -OCH3 is 1. The number of hydrogen-bond acceptors (Lipinski definition) is 7. The number of ether oxygens (including phenoxy) is 1. The number of amides is 1.